The SMILES string of the molecule is C[C@@H](NC(=O)c1cc(OCC2CCOC2)cc(-c2ncc(C3CCC3)s2)c1)c1cnc(C(F)(F)F)nc1. The minimum Gasteiger partial charge on any atom is -0.493 e. The summed E-state index contributed by atoms with van der Waals surface area (Å²) in [6, 6.07) is 4.72. The molecular weight excluding hydrogens is 505 g/mol. The lowest BCUT2D eigenvalue weighted by atomic mass is 9.85. The van der Waals surface area contributed by atoms with E-state index in [9.17, 15) is 18.0 Å². The van der Waals surface area contributed by atoms with Crippen molar-refractivity contribution in [3.63, 3.8) is 0 Å². The summed E-state index contributed by atoms with van der Waals surface area (Å²) in [5, 5.41) is 3.64. The second-order valence-electron chi connectivity index (χ2n) is 9.52. The number of carbonyl (C=O) groups is 1. The third kappa shape index (κ3) is 6.10. The molecule has 2 fully saturated rings. The van der Waals surface area contributed by atoms with E-state index in [0.717, 1.165) is 36.0 Å². The molecule has 7 nitrogen and oxygen atoms in total. The number of hydrogen-bond donors (Lipinski definition) is 1. The number of alkyl halides is 3. The van der Waals surface area contributed by atoms with Crippen LogP contribution in [0.4, 0.5) is 13.2 Å². The average molecular weight is 533 g/mol. The van der Waals surface area contributed by atoms with Gasteiger partial charge in [-0.2, -0.15) is 13.2 Å². The highest BCUT2D eigenvalue weighted by molar-refractivity contribution is 7.15. The first-order valence-corrected chi connectivity index (χ1v) is 13.1. The fourth-order valence-corrected chi connectivity index (χ4v) is 5.31. The van der Waals surface area contributed by atoms with Gasteiger partial charge in [-0.05, 0) is 50.3 Å². The molecule has 1 unspecified atom stereocenters. The van der Waals surface area contributed by atoms with E-state index in [1.165, 1.54) is 24.1 Å². The number of amides is 1. The predicted molar refractivity (Wildman–Crippen MR) is 131 cm³/mol. The standard InChI is InChI=1S/C26H27F3N4O3S/c1-15(20-10-31-25(32-11-20)26(27,28)29)33-23(34)18-7-19(24-30-12-22(37-24)17-3-2-4-17)9-21(8-18)36-14-16-5-6-35-13-16/h7-12,15-17H,2-6,13-14H2,1H3,(H,33,34)/t15-,16?/m1/s1. The van der Waals surface area contributed by atoms with Gasteiger partial charge < -0.3 is 14.8 Å². The number of rotatable bonds is 8. The van der Waals surface area contributed by atoms with Crippen molar-refractivity contribution in [3.05, 3.63) is 58.6 Å². The van der Waals surface area contributed by atoms with Gasteiger partial charge in [-0.3, -0.25) is 4.79 Å². The highest BCUT2D eigenvalue weighted by Crippen LogP contribution is 2.41. The third-order valence-electron chi connectivity index (χ3n) is 6.73. The van der Waals surface area contributed by atoms with Gasteiger partial charge in [0.15, 0.2) is 0 Å². The number of carbonyl (C=O) groups excluding carboxylic acids is 1. The summed E-state index contributed by atoms with van der Waals surface area (Å²) >= 11 is 1.63. The molecule has 2 aliphatic rings. The Morgan fingerprint density at radius 3 is 2.59 bits per heavy atom. The van der Waals surface area contributed by atoms with E-state index in [-0.39, 0.29) is 5.91 Å². The molecule has 0 radical (unpaired) electrons. The molecule has 1 saturated carbocycles. The maximum Gasteiger partial charge on any atom is 0.451 e. The lowest BCUT2D eigenvalue weighted by Gasteiger charge is -2.23. The largest absolute Gasteiger partial charge is 0.493 e. The smallest absolute Gasteiger partial charge is 0.451 e. The molecule has 2 aromatic heterocycles. The number of hydrogen-bond acceptors (Lipinski definition) is 7. The van der Waals surface area contributed by atoms with Crippen molar-refractivity contribution in [1.82, 2.24) is 20.3 Å². The summed E-state index contributed by atoms with van der Waals surface area (Å²) in [4.78, 5) is 25.8. The number of nitrogens with zero attached hydrogens (tertiary/aromatic N) is 3. The Hall–Kier alpha value is -3.05. The number of nitrogens with one attached hydrogen (secondary N) is 1. The van der Waals surface area contributed by atoms with Gasteiger partial charge in [-0.1, -0.05) is 6.42 Å². The van der Waals surface area contributed by atoms with Gasteiger partial charge in [0.1, 0.15) is 10.8 Å². The molecule has 1 saturated heterocycles. The molecule has 1 aliphatic heterocycles. The summed E-state index contributed by atoms with van der Waals surface area (Å²) in [7, 11) is 0. The van der Waals surface area contributed by atoms with Crippen molar-refractivity contribution < 1.29 is 27.4 Å². The van der Waals surface area contributed by atoms with Crippen LogP contribution in [0.1, 0.15) is 71.2 Å². The van der Waals surface area contributed by atoms with Gasteiger partial charge in [-0.25, -0.2) is 15.0 Å². The van der Waals surface area contributed by atoms with E-state index in [2.05, 4.69) is 20.3 Å². The molecule has 0 spiro atoms. The van der Waals surface area contributed by atoms with Crippen LogP contribution in [-0.2, 0) is 10.9 Å². The minimum absolute atomic E-state index is 0.297. The Kier molecular flexibility index (Phi) is 7.43. The van der Waals surface area contributed by atoms with Crippen LogP contribution in [-0.4, -0.2) is 40.7 Å². The molecule has 5 rings (SSSR count). The van der Waals surface area contributed by atoms with Crippen LogP contribution in [0.5, 0.6) is 5.75 Å². The fraction of sp³-hybridized carbons (Fsp3) is 0.462. The Morgan fingerprint density at radius 2 is 1.95 bits per heavy atom. The molecule has 11 heteroatoms. The van der Waals surface area contributed by atoms with Gasteiger partial charge in [0.05, 0.1) is 19.3 Å². The van der Waals surface area contributed by atoms with Crippen LogP contribution in [0.3, 0.4) is 0 Å². The van der Waals surface area contributed by atoms with E-state index in [4.69, 9.17) is 9.47 Å². The van der Waals surface area contributed by atoms with Crippen molar-refractivity contribution in [2.75, 3.05) is 19.8 Å². The summed E-state index contributed by atoms with van der Waals surface area (Å²) in [6.07, 6.45) is 3.96. The number of aromatic nitrogens is 3. The van der Waals surface area contributed by atoms with Gasteiger partial charge >= 0.3 is 6.18 Å². The topological polar surface area (TPSA) is 86.2 Å². The lowest BCUT2D eigenvalue weighted by molar-refractivity contribution is -0.145. The van der Waals surface area contributed by atoms with Crippen LogP contribution < -0.4 is 10.1 Å². The van der Waals surface area contributed by atoms with Crippen molar-refractivity contribution in [2.45, 2.75) is 50.7 Å². The van der Waals surface area contributed by atoms with Gasteiger partial charge in [-0.15, -0.1) is 11.3 Å². The van der Waals surface area contributed by atoms with E-state index in [1.807, 2.05) is 12.3 Å². The molecule has 3 heterocycles. The lowest BCUT2D eigenvalue weighted by Crippen LogP contribution is -2.27. The molecule has 1 amide bonds. The summed E-state index contributed by atoms with van der Waals surface area (Å²) < 4.78 is 49.8. The third-order valence-corrected chi connectivity index (χ3v) is 7.94. The monoisotopic (exact) mass is 532 g/mol. The first kappa shape index (κ1) is 25.6. The number of thiazole rings is 1. The van der Waals surface area contributed by atoms with Crippen LogP contribution in [0.2, 0.25) is 0 Å². The first-order chi connectivity index (χ1) is 17.8. The zero-order valence-electron chi connectivity index (χ0n) is 20.3. The second kappa shape index (κ2) is 10.7. The van der Waals surface area contributed by atoms with Crippen molar-refractivity contribution in [2.24, 2.45) is 5.92 Å². The Balaban J connectivity index is 1.35. The van der Waals surface area contributed by atoms with Crippen molar-refractivity contribution in [1.29, 1.82) is 0 Å². The zero-order chi connectivity index (χ0) is 26.0. The van der Waals surface area contributed by atoms with E-state index in [0.29, 0.717) is 41.9 Å². The van der Waals surface area contributed by atoms with Crippen molar-refractivity contribution in [3.8, 4) is 16.3 Å². The van der Waals surface area contributed by atoms with Crippen LogP contribution in [0, 0.1) is 5.92 Å². The molecule has 37 heavy (non-hydrogen) atoms. The molecule has 1 N–H and O–H groups in total. The summed E-state index contributed by atoms with van der Waals surface area (Å²) in [5.41, 5.74) is 1.52. The molecule has 2 atom stereocenters. The van der Waals surface area contributed by atoms with Crippen LogP contribution >= 0.6 is 11.3 Å². The quantitative estimate of drug-likeness (QED) is 0.395. The Morgan fingerprint density at radius 1 is 1.16 bits per heavy atom. The van der Waals surface area contributed by atoms with Crippen LogP contribution in [0.15, 0.2) is 36.8 Å². The van der Waals surface area contributed by atoms with E-state index >= 15 is 0 Å². The summed E-state index contributed by atoms with van der Waals surface area (Å²) in [6.45, 7) is 3.51. The maximum atomic E-state index is 13.2. The predicted octanol–water partition coefficient (Wildman–Crippen LogP) is 5.79. The molecular formula is C26H27F3N4O3S. The maximum absolute atomic E-state index is 13.2. The minimum atomic E-state index is -4.62. The molecule has 1 aliphatic carbocycles. The fourth-order valence-electron chi connectivity index (χ4n) is 4.24. The molecule has 1 aromatic carbocycles. The second-order valence-corrected chi connectivity index (χ2v) is 10.6. The number of halogens is 3. The van der Waals surface area contributed by atoms with Crippen LogP contribution in [0.25, 0.3) is 10.6 Å². The van der Waals surface area contributed by atoms with Crippen molar-refractivity contribution >= 4 is 17.2 Å². The first-order valence-electron chi connectivity index (χ1n) is 12.3. The average Bonchev–Trinajstić information content (AvgIpc) is 3.54. The normalized spacial score (nSPS) is 18.9. The number of benzene rings is 1. The van der Waals surface area contributed by atoms with Gasteiger partial charge in [0.25, 0.3) is 5.91 Å². The highest BCUT2D eigenvalue weighted by atomic mass is 32.1. The Labute approximate surface area is 216 Å². The Bertz CT molecular complexity index is 1240. The highest BCUT2D eigenvalue weighted by Gasteiger charge is 2.34. The summed E-state index contributed by atoms with van der Waals surface area (Å²) in [5.74, 6) is -0.200. The van der Waals surface area contributed by atoms with E-state index < -0.39 is 18.0 Å². The zero-order valence-corrected chi connectivity index (χ0v) is 21.1. The number of ether oxygens (including phenoxy) is 2. The van der Waals surface area contributed by atoms with E-state index in [1.54, 1.807) is 30.4 Å². The molecule has 3 aromatic rings. The van der Waals surface area contributed by atoms with Gasteiger partial charge in [0, 0.05) is 52.7 Å². The molecule has 0 bridgehead atoms. The van der Waals surface area contributed by atoms with Gasteiger partial charge in [0.2, 0.25) is 5.82 Å². The molecule has 196 valence electrons.